The molecule has 0 aliphatic rings. The van der Waals surface area contributed by atoms with E-state index < -0.39 is 0 Å². The van der Waals surface area contributed by atoms with Gasteiger partial charge >= 0.3 is 0 Å². The van der Waals surface area contributed by atoms with E-state index in [1.807, 2.05) is 38.1 Å². The van der Waals surface area contributed by atoms with Crippen molar-refractivity contribution < 1.29 is 4.74 Å². The molecule has 0 spiro atoms. The van der Waals surface area contributed by atoms with Crippen LogP contribution in [0, 0.1) is 0 Å². The molecule has 1 aromatic carbocycles. The Bertz CT molecular complexity index is 283. The van der Waals surface area contributed by atoms with E-state index in [2.05, 4.69) is 6.92 Å². The molecule has 0 radical (unpaired) electrons. The molecule has 14 heavy (non-hydrogen) atoms. The van der Waals surface area contributed by atoms with Crippen LogP contribution in [0.4, 0.5) is 0 Å². The van der Waals surface area contributed by atoms with Crippen LogP contribution in [0.3, 0.4) is 0 Å². The van der Waals surface area contributed by atoms with Crippen LogP contribution in [0.1, 0.15) is 38.8 Å². The van der Waals surface area contributed by atoms with Gasteiger partial charge in [-0.15, -0.1) is 0 Å². The van der Waals surface area contributed by atoms with Crippen molar-refractivity contribution in [3.05, 3.63) is 29.8 Å². The zero-order valence-corrected chi connectivity index (χ0v) is 9.16. The molecular formula is C12H19NO. The van der Waals surface area contributed by atoms with Crippen LogP contribution in [-0.2, 0) is 0 Å². The Morgan fingerprint density at radius 2 is 1.93 bits per heavy atom. The Morgan fingerprint density at radius 3 is 2.50 bits per heavy atom. The first-order chi connectivity index (χ1) is 6.65. The summed E-state index contributed by atoms with van der Waals surface area (Å²) in [7, 11) is 0. The first kappa shape index (κ1) is 11.1. The van der Waals surface area contributed by atoms with Crippen molar-refractivity contribution in [2.75, 3.05) is 0 Å². The van der Waals surface area contributed by atoms with E-state index in [1.165, 1.54) is 0 Å². The molecule has 2 N–H and O–H groups in total. The van der Waals surface area contributed by atoms with Crippen LogP contribution in [-0.4, -0.2) is 6.10 Å². The summed E-state index contributed by atoms with van der Waals surface area (Å²) in [6.45, 7) is 6.12. The average molecular weight is 193 g/mol. The Balaban J connectivity index is 2.91. The molecule has 78 valence electrons. The van der Waals surface area contributed by atoms with E-state index in [-0.39, 0.29) is 12.1 Å². The fourth-order valence-corrected chi connectivity index (χ4v) is 1.37. The van der Waals surface area contributed by atoms with E-state index in [9.17, 15) is 0 Å². The quantitative estimate of drug-likeness (QED) is 0.798. The molecule has 0 bridgehead atoms. The lowest BCUT2D eigenvalue weighted by atomic mass is 10.0. The minimum Gasteiger partial charge on any atom is -0.491 e. The van der Waals surface area contributed by atoms with Gasteiger partial charge in [0.2, 0.25) is 0 Å². The standard InChI is InChI=1S/C12H19NO/c1-4-11(13)10-7-5-6-8-12(10)14-9(2)3/h5-9,11H,4,13H2,1-3H3. The normalized spacial score (nSPS) is 12.9. The number of hydrogen-bond donors (Lipinski definition) is 1. The van der Waals surface area contributed by atoms with Gasteiger partial charge in [-0.2, -0.15) is 0 Å². The SMILES string of the molecule is CCC(N)c1ccccc1OC(C)C. The number of nitrogens with two attached hydrogens (primary N) is 1. The minimum absolute atomic E-state index is 0.0740. The van der Waals surface area contributed by atoms with Crippen molar-refractivity contribution in [2.45, 2.75) is 39.3 Å². The lowest BCUT2D eigenvalue weighted by molar-refractivity contribution is 0.238. The highest BCUT2D eigenvalue weighted by Crippen LogP contribution is 2.25. The molecule has 2 nitrogen and oxygen atoms in total. The van der Waals surface area contributed by atoms with Gasteiger partial charge in [0.15, 0.2) is 0 Å². The van der Waals surface area contributed by atoms with Gasteiger partial charge < -0.3 is 10.5 Å². The first-order valence-electron chi connectivity index (χ1n) is 5.16. The number of benzene rings is 1. The molecule has 0 aromatic heterocycles. The van der Waals surface area contributed by atoms with Crippen molar-refractivity contribution in [1.29, 1.82) is 0 Å². The van der Waals surface area contributed by atoms with E-state index in [0.29, 0.717) is 0 Å². The molecular weight excluding hydrogens is 174 g/mol. The third-order valence-corrected chi connectivity index (χ3v) is 2.12. The molecule has 0 saturated heterocycles. The van der Waals surface area contributed by atoms with Crippen molar-refractivity contribution in [2.24, 2.45) is 5.73 Å². The second kappa shape index (κ2) is 5.01. The highest BCUT2D eigenvalue weighted by Gasteiger charge is 2.10. The highest BCUT2D eigenvalue weighted by atomic mass is 16.5. The van der Waals surface area contributed by atoms with Crippen LogP contribution in [0.25, 0.3) is 0 Å². The average Bonchev–Trinajstić information content (AvgIpc) is 2.16. The second-order valence-corrected chi connectivity index (χ2v) is 3.72. The topological polar surface area (TPSA) is 35.2 Å². The van der Waals surface area contributed by atoms with E-state index in [1.54, 1.807) is 0 Å². The molecule has 2 heteroatoms. The Morgan fingerprint density at radius 1 is 1.29 bits per heavy atom. The lowest BCUT2D eigenvalue weighted by Gasteiger charge is -2.17. The number of rotatable bonds is 4. The maximum Gasteiger partial charge on any atom is 0.124 e. The van der Waals surface area contributed by atoms with E-state index in [4.69, 9.17) is 10.5 Å². The predicted molar refractivity (Wildman–Crippen MR) is 59.4 cm³/mol. The maximum atomic E-state index is 5.99. The summed E-state index contributed by atoms with van der Waals surface area (Å²) in [4.78, 5) is 0. The van der Waals surface area contributed by atoms with Gasteiger partial charge in [-0.25, -0.2) is 0 Å². The third-order valence-electron chi connectivity index (χ3n) is 2.12. The van der Waals surface area contributed by atoms with Gasteiger partial charge in [0.05, 0.1) is 6.10 Å². The fraction of sp³-hybridized carbons (Fsp3) is 0.500. The second-order valence-electron chi connectivity index (χ2n) is 3.72. The van der Waals surface area contributed by atoms with Gasteiger partial charge in [0.1, 0.15) is 5.75 Å². The summed E-state index contributed by atoms with van der Waals surface area (Å²) >= 11 is 0. The molecule has 0 fully saturated rings. The zero-order valence-electron chi connectivity index (χ0n) is 9.16. The van der Waals surface area contributed by atoms with Crippen molar-refractivity contribution in [1.82, 2.24) is 0 Å². The van der Waals surface area contributed by atoms with Crippen molar-refractivity contribution in [3.8, 4) is 5.75 Å². The monoisotopic (exact) mass is 193 g/mol. The van der Waals surface area contributed by atoms with Gasteiger partial charge in [0.25, 0.3) is 0 Å². The minimum atomic E-state index is 0.0740. The Kier molecular flexibility index (Phi) is 3.96. The lowest BCUT2D eigenvalue weighted by Crippen LogP contribution is -2.13. The van der Waals surface area contributed by atoms with Crippen LogP contribution in [0.15, 0.2) is 24.3 Å². The molecule has 1 rings (SSSR count). The third kappa shape index (κ3) is 2.74. The molecule has 1 unspecified atom stereocenters. The number of para-hydroxylation sites is 1. The molecule has 1 aromatic rings. The molecule has 0 heterocycles. The summed E-state index contributed by atoms with van der Waals surface area (Å²) in [5.41, 5.74) is 7.09. The fourth-order valence-electron chi connectivity index (χ4n) is 1.37. The largest absolute Gasteiger partial charge is 0.491 e. The molecule has 0 amide bonds. The molecule has 1 atom stereocenters. The highest BCUT2D eigenvalue weighted by molar-refractivity contribution is 5.35. The Labute approximate surface area is 86.1 Å². The summed E-state index contributed by atoms with van der Waals surface area (Å²) in [6.07, 6.45) is 1.12. The van der Waals surface area contributed by atoms with Crippen LogP contribution in [0.2, 0.25) is 0 Å². The predicted octanol–water partition coefficient (Wildman–Crippen LogP) is 2.88. The maximum absolute atomic E-state index is 5.99. The number of ether oxygens (including phenoxy) is 1. The van der Waals surface area contributed by atoms with E-state index in [0.717, 1.165) is 17.7 Å². The van der Waals surface area contributed by atoms with Gasteiger partial charge in [-0.05, 0) is 26.3 Å². The van der Waals surface area contributed by atoms with Gasteiger partial charge in [-0.1, -0.05) is 25.1 Å². The van der Waals surface area contributed by atoms with Gasteiger partial charge in [-0.3, -0.25) is 0 Å². The van der Waals surface area contributed by atoms with Crippen molar-refractivity contribution >= 4 is 0 Å². The summed E-state index contributed by atoms with van der Waals surface area (Å²) < 4.78 is 5.69. The molecule has 0 aliphatic carbocycles. The summed E-state index contributed by atoms with van der Waals surface area (Å²) in [5.74, 6) is 0.914. The first-order valence-corrected chi connectivity index (χ1v) is 5.16. The van der Waals surface area contributed by atoms with Crippen LogP contribution >= 0.6 is 0 Å². The Hall–Kier alpha value is -1.02. The molecule has 0 saturated carbocycles. The van der Waals surface area contributed by atoms with Gasteiger partial charge in [0, 0.05) is 11.6 Å². The van der Waals surface area contributed by atoms with E-state index >= 15 is 0 Å². The smallest absolute Gasteiger partial charge is 0.124 e. The van der Waals surface area contributed by atoms with Crippen LogP contribution < -0.4 is 10.5 Å². The zero-order chi connectivity index (χ0) is 10.6. The summed E-state index contributed by atoms with van der Waals surface area (Å²) in [6, 6.07) is 8.06. The van der Waals surface area contributed by atoms with Crippen LogP contribution in [0.5, 0.6) is 5.75 Å². The van der Waals surface area contributed by atoms with Crippen molar-refractivity contribution in [3.63, 3.8) is 0 Å². The number of hydrogen-bond acceptors (Lipinski definition) is 2. The summed E-state index contributed by atoms with van der Waals surface area (Å²) in [5, 5.41) is 0. The molecule has 0 aliphatic heterocycles.